The van der Waals surface area contributed by atoms with Crippen LogP contribution in [0.5, 0.6) is 0 Å². The van der Waals surface area contributed by atoms with E-state index in [1.54, 1.807) is 18.2 Å². The number of hydrogen-bond acceptors (Lipinski definition) is 10. The van der Waals surface area contributed by atoms with Crippen molar-refractivity contribution in [1.82, 2.24) is 0 Å². The molecule has 0 atom stereocenters. The fourth-order valence-electron chi connectivity index (χ4n) is 4.15. The maximum Gasteiger partial charge on any atom is 0.296 e. The Morgan fingerprint density at radius 3 is 1.68 bits per heavy atom. The molecule has 40 heavy (non-hydrogen) atoms. The highest BCUT2D eigenvalue weighted by Gasteiger charge is 2.19. The standard InChI is InChI=1S/C26H18N4O8S2/c27-24-21(40(36,37)38)13-20(22-23(24)26(32)19-4-2-1-3-18(19)25(22)31)28-14-5-7-15(8-6-14)29-30-16-9-11-17(12-10-16)39(33,34)35/h1-13,27,29-30H,(H,33,34,35)(H,36,37,38). The summed E-state index contributed by atoms with van der Waals surface area (Å²) in [5.74, 6) is 0. The second-order valence-electron chi connectivity index (χ2n) is 8.61. The number of hydrogen-bond donors (Lipinski definition) is 5. The predicted octanol–water partition coefficient (Wildman–Crippen LogP) is 1.80. The van der Waals surface area contributed by atoms with E-state index in [0.717, 1.165) is 6.07 Å². The summed E-state index contributed by atoms with van der Waals surface area (Å²) in [5.41, 5.74) is 5.69. The third-order valence-electron chi connectivity index (χ3n) is 6.04. The zero-order valence-corrected chi connectivity index (χ0v) is 21.7. The van der Waals surface area contributed by atoms with Crippen molar-refractivity contribution in [3.8, 4) is 0 Å². The first-order valence-electron chi connectivity index (χ1n) is 11.3. The lowest BCUT2D eigenvalue weighted by molar-refractivity contribution is 0.480. The summed E-state index contributed by atoms with van der Waals surface area (Å²) < 4.78 is 65.1. The average molecular weight is 579 g/mol. The highest BCUT2D eigenvalue weighted by molar-refractivity contribution is 7.86. The predicted molar refractivity (Wildman–Crippen MR) is 145 cm³/mol. The van der Waals surface area contributed by atoms with Crippen molar-refractivity contribution in [2.75, 3.05) is 10.9 Å². The van der Waals surface area contributed by atoms with Crippen LogP contribution >= 0.6 is 0 Å². The Balaban J connectivity index is 1.59. The Bertz CT molecular complexity index is 2310. The number of hydrazine groups is 1. The van der Waals surface area contributed by atoms with Gasteiger partial charge < -0.3 is 10.9 Å². The third kappa shape index (κ3) is 4.99. The Morgan fingerprint density at radius 2 is 1.18 bits per heavy atom. The van der Waals surface area contributed by atoms with Crippen molar-refractivity contribution in [2.24, 2.45) is 4.99 Å². The van der Waals surface area contributed by atoms with E-state index in [1.807, 2.05) is 0 Å². The average Bonchev–Trinajstić information content (AvgIpc) is 2.91. The van der Waals surface area contributed by atoms with Crippen LogP contribution in [0.1, 0.15) is 0 Å². The maximum absolute atomic E-state index is 13.4. The van der Waals surface area contributed by atoms with Crippen molar-refractivity contribution in [2.45, 2.75) is 9.79 Å². The van der Waals surface area contributed by atoms with Crippen LogP contribution in [0.4, 0.5) is 17.1 Å². The summed E-state index contributed by atoms with van der Waals surface area (Å²) in [6.45, 7) is 0. The zero-order valence-electron chi connectivity index (χ0n) is 20.1. The van der Waals surface area contributed by atoms with Crippen molar-refractivity contribution in [1.29, 1.82) is 5.41 Å². The van der Waals surface area contributed by atoms with E-state index in [9.17, 15) is 31.0 Å². The normalized spacial score (nSPS) is 12.6. The molecule has 0 radical (unpaired) electrons. The fraction of sp³-hybridized carbons (Fsp3) is 0. The van der Waals surface area contributed by atoms with Gasteiger partial charge in [-0.25, -0.2) is 4.99 Å². The molecule has 3 aromatic rings. The first kappa shape index (κ1) is 26.8. The highest BCUT2D eigenvalue weighted by Crippen LogP contribution is 2.18. The minimum absolute atomic E-state index is 0.0162. The van der Waals surface area contributed by atoms with Gasteiger partial charge in [0.25, 0.3) is 20.2 Å². The molecule has 0 unspecified atom stereocenters. The van der Waals surface area contributed by atoms with Gasteiger partial charge in [0.1, 0.15) is 4.90 Å². The van der Waals surface area contributed by atoms with E-state index >= 15 is 0 Å². The van der Waals surface area contributed by atoms with Crippen LogP contribution in [-0.2, 0) is 20.2 Å². The molecule has 5 N–H and O–H groups in total. The van der Waals surface area contributed by atoms with Gasteiger partial charge in [-0.3, -0.25) is 24.1 Å². The van der Waals surface area contributed by atoms with Crippen LogP contribution in [0.15, 0.2) is 103 Å². The number of benzene rings is 3. The molecule has 0 spiro atoms. The van der Waals surface area contributed by atoms with Gasteiger partial charge in [0, 0.05) is 10.8 Å². The van der Waals surface area contributed by atoms with Gasteiger partial charge in [-0.15, -0.1) is 0 Å². The quantitative estimate of drug-likeness (QED) is 0.146. The largest absolute Gasteiger partial charge is 0.301 e. The van der Waals surface area contributed by atoms with E-state index in [4.69, 9.17) is 9.96 Å². The molecule has 2 aliphatic carbocycles. The molecular formula is C26H18N4O8S2. The van der Waals surface area contributed by atoms with Gasteiger partial charge in [0.05, 0.1) is 43.1 Å². The minimum atomic E-state index is -4.93. The van der Waals surface area contributed by atoms with Crippen molar-refractivity contribution in [3.05, 3.63) is 120 Å². The molecular weight excluding hydrogens is 560 g/mol. The number of nitrogens with zero attached hydrogens (tertiary/aromatic N) is 1. The van der Waals surface area contributed by atoms with Gasteiger partial charge in [-0.05, 0) is 54.6 Å². The Hall–Kier alpha value is -4.76. The summed E-state index contributed by atoms with van der Waals surface area (Å²) in [5, 5.41) is 6.71. The lowest BCUT2D eigenvalue weighted by Gasteiger charge is -2.10. The summed E-state index contributed by atoms with van der Waals surface area (Å²) in [4.78, 5) is 29.8. The van der Waals surface area contributed by atoms with Gasteiger partial charge >= 0.3 is 0 Å². The van der Waals surface area contributed by atoms with Gasteiger partial charge in [-0.1, -0.05) is 24.3 Å². The van der Waals surface area contributed by atoms with Crippen LogP contribution < -0.4 is 32.4 Å². The molecule has 14 heteroatoms. The van der Waals surface area contributed by atoms with E-state index in [2.05, 4.69) is 15.8 Å². The molecule has 202 valence electrons. The second kappa shape index (κ2) is 9.77. The molecule has 3 aromatic carbocycles. The molecule has 0 amide bonds. The van der Waals surface area contributed by atoms with Crippen molar-refractivity contribution < 1.29 is 25.9 Å². The first-order chi connectivity index (χ1) is 18.8. The topological polar surface area (TPSA) is 203 Å². The number of nitrogens with one attached hydrogen (secondary N) is 3. The van der Waals surface area contributed by atoms with Crippen LogP contribution in [0.2, 0.25) is 0 Å². The molecule has 0 aromatic heterocycles. The van der Waals surface area contributed by atoms with Crippen molar-refractivity contribution >= 4 is 48.1 Å². The van der Waals surface area contributed by atoms with Crippen LogP contribution in [0.3, 0.4) is 0 Å². The molecule has 0 heterocycles. The number of rotatable bonds is 6. The molecule has 0 fully saturated rings. The van der Waals surface area contributed by atoms with Gasteiger partial charge in [0.2, 0.25) is 0 Å². The van der Waals surface area contributed by atoms with Crippen LogP contribution in [0, 0.1) is 15.8 Å². The lowest BCUT2D eigenvalue weighted by atomic mass is 10.0. The monoisotopic (exact) mass is 578 g/mol. The first-order valence-corrected chi connectivity index (χ1v) is 14.2. The summed E-state index contributed by atoms with van der Waals surface area (Å²) in [7, 11) is -9.24. The Kier molecular flexibility index (Phi) is 6.55. The SMILES string of the molecule is N=c1c(S(=O)(=O)O)cc(=Nc2ccc(NNc3ccc(S(=O)(=O)O)cc3)cc2)c2c(=O)c3ccccc3c(=O)c1=2. The Labute approximate surface area is 225 Å². The van der Waals surface area contributed by atoms with Gasteiger partial charge in [0.15, 0.2) is 10.9 Å². The summed E-state index contributed by atoms with van der Waals surface area (Å²) in [6, 6.07) is 18.4. The maximum atomic E-state index is 13.4. The van der Waals surface area contributed by atoms with E-state index in [-0.39, 0.29) is 31.9 Å². The lowest BCUT2D eigenvalue weighted by Crippen LogP contribution is -2.32. The van der Waals surface area contributed by atoms with Crippen molar-refractivity contribution in [3.63, 3.8) is 0 Å². The van der Waals surface area contributed by atoms with Crippen LogP contribution in [-0.4, -0.2) is 25.9 Å². The van der Waals surface area contributed by atoms with Crippen LogP contribution in [0.25, 0.3) is 10.8 Å². The molecule has 0 saturated heterocycles. The molecule has 0 saturated carbocycles. The number of fused-ring (bicyclic) bond motifs is 1. The molecule has 5 rings (SSSR count). The van der Waals surface area contributed by atoms with Gasteiger partial charge in [-0.2, -0.15) is 16.8 Å². The zero-order chi connectivity index (χ0) is 28.8. The Morgan fingerprint density at radius 1 is 0.675 bits per heavy atom. The van der Waals surface area contributed by atoms with E-state index < -0.39 is 46.6 Å². The summed E-state index contributed by atoms with van der Waals surface area (Å²) in [6.07, 6.45) is 0. The fourth-order valence-corrected chi connectivity index (χ4v) is 5.26. The molecule has 2 aliphatic rings. The minimum Gasteiger partial charge on any atom is -0.301 e. The molecule has 0 aliphatic heterocycles. The highest BCUT2D eigenvalue weighted by atomic mass is 32.2. The summed E-state index contributed by atoms with van der Waals surface area (Å²) >= 11 is 0. The smallest absolute Gasteiger partial charge is 0.296 e. The number of anilines is 2. The molecule has 0 bridgehead atoms. The second-order valence-corrected chi connectivity index (χ2v) is 11.4. The third-order valence-corrected chi connectivity index (χ3v) is 7.78. The van der Waals surface area contributed by atoms with E-state index in [0.29, 0.717) is 11.4 Å². The molecule has 12 nitrogen and oxygen atoms in total. The van der Waals surface area contributed by atoms with E-state index in [1.165, 1.54) is 54.6 Å².